The number of nitrogens with zero attached hydrogens (tertiary/aromatic N) is 1. The highest BCUT2D eigenvalue weighted by atomic mass is 16.2. The Kier molecular flexibility index (Phi) is 3.50. The molecule has 0 spiro atoms. The Morgan fingerprint density at radius 1 is 1.57 bits per heavy atom. The zero-order chi connectivity index (χ0) is 10.8. The van der Waals surface area contributed by atoms with Crippen LogP contribution in [-0.2, 0) is 4.79 Å². The molecule has 1 fully saturated rings. The molecule has 82 valence electrons. The molecular formula is C10H21N3O. The molecule has 1 heterocycles. The molecule has 1 amide bonds. The fourth-order valence-corrected chi connectivity index (χ4v) is 1.93. The average molecular weight is 199 g/mol. The summed E-state index contributed by atoms with van der Waals surface area (Å²) in [5, 5.41) is 0. The van der Waals surface area contributed by atoms with Gasteiger partial charge in [-0.15, -0.1) is 0 Å². The van der Waals surface area contributed by atoms with Gasteiger partial charge in [-0.25, -0.2) is 5.84 Å². The van der Waals surface area contributed by atoms with Crippen molar-refractivity contribution in [2.24, 2.45) is 17.2 Å². The number of nitrogens with one attached hydrogen (secondary N) is 1. The summed E-state index contributed by atoms with van der Waals surface area (Å²) in [6.45, 7) is 9.22. The first kappa shape index (κ1) is 11.5. The zero-order valence-electron chi connectivity index (χ0n) is 9.34. The monoisotopic (exact) mass is 199 g/mol. The quantitative estimate of drug-likeness (QED) is 0.383. The predicted octanol–water partition coefficient (Wildman–Crippen LogP) is 0.344. The third-order valence-corrected chi connectivity index (χ3v) is 3.03. The van der Waals surface area contributed by atoms with Crippen LogP contribution in [0, 0.1) is 11.3 Å². The van der Waals surface area contributed by atoms with E-state index in [-0.39, 0.29) is 5.91 Å². The fraction of sp³-hybridized carbons (Fsp3) is 0.900. The molecule has 1 rings (SSSR count). The molecule has 4 heteroatoms. The molecule has 0 radical (unpaired) electrons. The van der Waals surface area contributed by atoms with Crippen LogP contribution in [-0.4, -0.2) is 30.4 Å². The molecule has 0 saturated carbocycles. The van der Waals surface area contributed by atoms with Crippen LogP contribution >= 0.6 is 0 Å². The van der Waals surface area contributed by atoms with Gasteiger partial charge in [-0.3, -0.25) is 15.1 Å². The third-order valence-electron chi connectivity index (χ3n) is 3.03. The van der Waals surface area contributed by atoms with E-state index in [1.165, 1.54) is 6.42 Å². The smallest absolute Gasteiger partial charge is 0.248 e. The van der Waals surface area contributed by atoms with Gasteiger partial charge in [0.25, 0.3) is 0 Å². The minimum absolute atomic E-state index is 0.0976. The van der Waals surface area contributed by atoms with Crippen LogP contribution in [0.5, 0.6) is 0 Å². The van der Waals surface area contributed by atoms with E-state index in [0.29, 0.717) is 17.9 Å². The number of carbonyl (C=O) groups excluding carboxylic acids is 1. The van der Waals surface area contributed by atoms with Crippen molar-refractivity contribution in [2.75, 3.05) is 19.6 Å². The number of amides is 1. The first-order valence-electron chi connectivity index (χ1n) is 5.15. The number of hydrogen-bond acceptors (Lipinski definition) is 3. The number of carbonyl (C=O) groups is 1. The Labute approximate surface area is 85.8 Å². The van der Waals surface area contributed by atoms with Crippen LogP contribution in [0.2, 0.25) is 0 Å². The number of likely N-dealkylation sites (tertiary alicyclic amines) is 1. The standard InChI is InChI=1S/C10H21N3O/c1-10(2,3)8-4-5-13(6-8)7-9(14)12-11/h8H,4-7,11H2,1-3H3,(H,12,14). The number of hydrogen-bond donors (Lipinski definition) is 2. The number of nitrogens with two attached hydrogens (primary N) is 1. The van der Waals surface area contributed by atoms with Gasteiger partial charge in [-0.1, -0.05) is 20.8 Å². The lowest BCUT2D eigenvalue weighted by molar-refractivity contribution is -0.122. The maximum absolute atomic E-state index is 11.0. The molecule has 0 aromatic heterocycles. The summed E-state index contributed by atoms with van der Waals surface area (Å²) in [6, 6.07) is 0. The SMILES string of the molecule is CC(C)(C)C1CCN(CC(=O)NN)C1. The van der Waals surface area contributed by atoms with Crippen molar-refractivity contribution in [3.8, 4) is 0 Å². The van der Waals surface area contributed by atoms with E-state index in [9.17, 15) is 4.79 Å². The number of hydrazine groups is 1. The van der Waals surface area contributed by atoms with Gasteiger partial charge in [-0.2, -0.15) is 0 Å². The second-order valence-electron chi connectivity index (χ2n) is 5.15. The first-order valence-corrected chi connectivity index (χ1v) is 5.15. The summed E-state index contributed by atoms with van der Waals surface area (Å²) >= 11 is 0. The van der Waals surface area contributed by atoms with Gasteiger partial charge in [0.05, 0.1) is 6.54 Å². The van der Waals surface area contributed by atoms with Gasteiger partial charge >= 0.3 is 0 Å². The molecule has 1 atom stereocenters. The summed E-state index contributed by atoms with van der Waals surface area (Å²) in [5.74, 6) is 5.63. The van der Waals surface area contributed by atoms with Crippen LogP contribution in [0.3, 0.4) is 0 Å². The lowest BCUT2D eigenvalue weighted by Gasteiger charge is -2.26. The normalized spacial score (nSPS) is 23.9. The van der Waals surface area contributed by atoms with E-state index in [2.05, 4.69) is 31.1 Å². The predicted molar refractivity (Wildman–Crippen MR) is 56.3 cm³/mol. The first-order chi connectivity index (χ1) is 6.43. The summed E-state index contributed by atoms with van der Waals surface area (Å²) in [5.41, 5.74) is 2.51. The minimum atomic E-state index is -0.0976. The van der Waals surface area contributed by atoms with Crippen LogP contribution in [0.1, 0.15) is 27.2 Å². The summed E-state index contributed by atoms with van der Waals surface area (Å²) < 4.78 is 0. The lowest BCUT2D eigenvalue weighted by Crippen LogP contribution is -2.40. The topological polar surface area (TPSA) is 58.4 Å². The summed E-state index contributed by atoms with van der Waals surface area (Å²) in [6.07, 6.45) is 1.18. The maximum atomic E-state index is 11.0. The Morgan fingerprint density at radius 3 is 2.64 bits per heavy atom. The number of rotatable bonds is 2. The van der Waals surface area contributed by atoms with Crippen molar-refractivity contribution < 1.29 is 4.79 Å². The fourth-order valence-electron chi connectivity index (χ4n) is 1.93. The van der Waals surface area contributed by atoms with Crippen LogP contribution in [0.25, 0.3) is 0 Å². The van der Waals surface area contributed by atoms with Crippen molar-refractivity contribution in [3.05, 3.63) is 0 Å². The Balaban J connectivity index is 2.38. The zero-order valence-corrected chi connectivity index (χ0v) is 9.34. The van der Waals surface area contributed by atoms with Gasteiger partial charge in [0, 0.05) is 6.54 Å². The molecule has 1 unspecified atom stereocenters. The largest absolute Gasteiger partial charge is 0.294 e. The Morgan fingerprint density at radius 2 is 2.21 bits per heavy atom. The van der Waals surface area contributed by atoms with Crippen LogP contribution in [0.4, 0.5) is 0 Å². The molecule has 0 aromatic carbocycles. The van der Waals surface area contributed by atoms with E-state index >= 15 is 0 Å². The van der Waals surface area contributed by atoms with Crippen molar-refractivity contribution in [3.63, 3.8) is 0 Å². The molecule has 0 aliphatic carbocycles. The minimum Gasteiger partial charge on any atom is -0.294 e. The van der Waals surface area contributed by atoms with Crippen LogP contribution in [0.15, 0.2) is 0 Å². The summed E-state index contributed by atoms with van der Waals surface area (Å²) in [7, 11) is 0. The Bertz CT molecular complexity index is 210. The molecule has 1 aliphatic heterocycles. The molecule has 3 N–H and O–H groups in total. The van der Waals surface area contributed by atoms with Gasteiger partial charge < -0.3 is 0 Å². The van der Waals surface area contributed by atoms with Crippen molar-refractivity contribution >= 4 is 5.91 Å². The second-order valence-corrected chi connectivity index (χ2v) is 5.15. The van der Waals surface area contributed by atoms with Crippen molar-refractivity contribution in [1.82, 2.24) is 10.3 Å². The third kappa shape index (κ3) is 2.96. The average Bonchev–Trinajstić information content (AvgIpc) is 2.51. The van der Waals surface area contributed by atoms with Gasteiger partial charge in [-0.05, 0) is 24.3 Å². The molecule has 14 heavy (non-hydrogen) atoms. The van der Waals surface area contributed by atoms with Gasteiger partial charge in [0.1, 0.15) is 0 Å². The highest BCUT2D eigenvalue weighted by molar-refractivity contribution is 5.77. The van der Waals surface area contributed by atoms with E-state index in [1.807, 2.05) is 0 Å². The van der Waals surface area contributed by atoms with Crippen LogP contribution < -0.4 is 11.3 Å². The molecule has 0 aromatic rings. The van der Waals surface area contributed by atoms with Gasteiger partial charge in [0.15, 0.2) is 0 Å². The van der Waals surface area contributed by atoms with E-state index in [0.717, 1.165) is 13.1 Å². The molecule has 4 nitrogen and oxygen atoms in total. The maximum Gasteiger partial charge on any atom is 0.248 e. The van der Waals surface area contributed by atoms with Gasteiger partial charge in [0.2, 0.25) is 5.91 Å². The van der Waals surface area contributed by atoms with E-state index in [1.54, 1.807) is 0 Å². The highest BCUT2D eigenvalue weighted by Crippen LogP contribution is 2.33. The lowest BCUT2D eigenvalue weighted by atomic mass is 9.80. The summed E-state index contributed by atoms with van der Waals surface area (Å²) in [4.78, 5) is 13.2. The molecule has 0 bridgehead atoms. The Hall–Kier alpha value is -0.610. The van der Waals surface area contributed by atoms with E-state index < -0.39 is 0 Å². The van der Waals surface area contributed by atoms with Crippen molar-refractivity contribution in [2.45, 2.75) is 27.2 Å². The van der Waals surface area contributed by atoms with E-state index in [4.69, 9.17) is 5.84 Å². The molecule has 1 aliphatic rings. The molecule has 1 saturated heterocycles. The molecular weight excluding hydrogens is 178 g/mol. The highest BCUT2D eigenvalue weighted by Gasteiger charge is 2.32. The van der Waals surface area contributed by atoms with Crippen molar-refractivity contribution in [1.29, 1.82) is 0 Å². The second kappa shape index (κ2) is 4.28.